The fourth-order valence-corrected chi connectivity index (χ4v) is 7.32. The number of phosphoric ester groups is 1. The SMILES string of the molecule is CCCCC/C=C\C/C=C\C/C=C\C/C=C\CCCC(=O)S[C@H](COCCCCCCCCCCCCCCCC)COP(=O)([O-])OCC[N+](C)(C)C. The van der Waals surface area contributed by atoms with Crippen molar-refractivity contribution in [2.75, 3.05) is 54.1 Å². The normalized spacial score (nSPS) is 14.4. The maximum absolute atomic E-state index is 12.8. The van der Waals surface area contributed by atoms with E-state index in [0.29, 0.717) is 24.1 Å². The molecule has 0 aromatic heterocycles. The second-order valence-corrected chi connectivity index (χ2v) is 18.1. The summed E-state index contributed by atoms with van der Waals surface area (Å²) < 4.78 is 29.2. The van der Waals surface area contributed by atoms with Crippen LogP contribution in [0.15, 0.2) is 48.6 Å². The maximum atomic E-state index is 12.8. The van der Waals surface area contributed by atoms with Crippen LogP contribution in [0.25, 0.3) is 0 Å². The number of nitrogens with zero attached hydrogens (tertiary/aromatic N) is 1. The lowest BCUT2D eigenvalue weighted by Gasteiger charge is -2.28. The quantitative estimate of drug-likeness (QED) is 0.0266. The van der Waals surface area contributed by atoms with Gasteiger partial charge in [0.05, 0.1) is 39.6 Å². The Morgan fingerprint density at radius 3 is 1.57 bits per heavy atom. The zero-order chi connectivity index (χ0) is 39.1. The fourth-order valence-electron chi connectivity index (χ4n) is 5.54. The average Bonchev–Trinajstić information content (AvgIpc) is 3.11. The third-order valence-corrected chi connectivity index (χ3v) is 10.9. The molecule has 0 aliphatic heterocycles. The van der Waals surface area contributed by atoms with Crippen molar-refractivity contribution in [3.8, 4) is 0 Å². The van der Waals surface area contributed by atoms with Crippen molar-refractivity contribution < 1.29 is 32.5 Å². The molecule has 9 heteroatoms. The van der Waals surface area contributed by atoms with Crippen molar-refractivity contribution in [1.29, 1.82) is 0 Å². The molecule has 0 saturated carbocycles. The van der Waals surface area contributed by atoms with Crippen molar-refractivity contribution in [2.24, 2.45) is 0 Å². The summed E-state index contributed by atoms with van der Waals surface area (Å²) in [6.45, 7) is 5.82. The highest BCUT2D eigenvalue weighted by Crippen LogP contribution is 2.39. The van der Waals surface area contributed by atoms with Gasteiger partial charge in [-0.05, 0) is 51.4 Å². The number of carbonyl (C=O) groups is 1. The Morgan fingerprint density at radius 1 is 0.604 bits per heavy atom. The predicted molar refractivity (Wildman–Crippen MR) is 228 cm³/mol. The van der Waals surface area contributed by atoms with E-state index in [9.17, 15) is 14.3 Å². The molecule has 0 radical (unpaired) electrons. The van der Waals surface area contributed by atoms with Gasteiger partial charge < -0.3 is 23.2 Å². The molecule has 7 nitrogen and oxygen atoms in total. The van der Waals surface area contributed by atoms with Crippen LogP contribution in [0, 0.1) is 0 Å². The predicted octanol–water partition coefficient (Wildman–Crippen LogP) is 12.5. The van der Waals surface area contributed by atoms with Crippen molar-refractivity contribution in [3.05, 3.63) is 48.6 Å². The van der Waals surface area contributed by atoms with Crippen molar-refractivity contribution in [1.82, 2.24) is 0 Å². The van der Waals surface area contributed by atoms with Gasteiger partial charge in [0.15, 0.2) is 5.12 Å². The van der Waals surface area contributed by atoms with Gasteiger partial charge in [-0.25, -0.2) is 0 Å². The molecule has 0 rings (SSSR count). The van der Waals surface area contributed by atoms with Crippen molar-refractivity contribution in [2.45, 2.75) is 173 Å². The molecule has 0 fully saturated rings. The number of allylic oxidation sites excluding steroid dienone is 8. The Hall–Kier alpha value is -0.990. The minimum absolute atomic E-state index is 0.0289. The van der Waals surface area contributed by atoms with E-state index in [0.717, 1.165) is 56.7 Å². The maximum Gasteiger partial charge on any atom is 0.268 e. The first-order chi connectivity index (χ1) is 25.6. The van der Waals surface area contributed by atoms with Gasteiger partial charge in [-0.1, -0.05) is 171 Å². The molecule has 0 heterocycles. The molecule has 0 aliphatic carbocycles. The van der Waals surface area contributed by atoms with E-state index in [4.69, 9.17) is 13.8 Å². The van der Waals surface area contributed by atoms with Gasteiger partial charge in [0, 0.05) is 13.0 Å². The minimum atomic E-state index is -4.47. The second kappa shape index (κ2) is 37.9. The summed E-state index contributed by atoms with van der Waals surface area (Å²) in [4.78, 5) is 25.2. The highest BCUT2D eigenvalue weighted by Gasteiger charge is 2.20. The number of phosphoric acid groups is 1. The molecule has 0 amide bonds. The molecule has 0 spiro atoms. The van der Waals surface area contributed by atoms with Crippen LogP contribution in [-0.2, 0) is 23.1 Å². The van der Waals surface area contributed by atoms with E-state index < -0.39 is 13.1 Å². The van der Waals surface area contributed by atoms with Gasteiger partial charge in [0.2, 0.25) is 0 Å². The number of hydrogen-bond donors (Lipinski definition) is 0. The lowest BCUT2D eigenvalue weighted by Crippen LogP contribution is -2.37. The largest absolute Gasteiger partial charge is 0.756 e. The van der Waals surface area contributed by atoms with E-state index in [1.165, 1.54) is 103 Å². The molecule has 0 bridgehead atoms. The summed E-state index contributed by atoms with van der Waals surface area (Å²) in [5.41, 5.74) is 0. The zero-order valence-electron chi connectivity index (χ0n) is 35.0. The van der Waals surface area contributed by atoms with E-state index in [2.05, 4.69) is 62.5 Å². The molecule has 0 aromatic carbocycles. The summed E-state index contributed by atoms with van der Waals surface area (Å²) in [6, 6.07) is 0. The first-order valence-corrected chi connectivity index (χ1v) is 23.7. The number of unbranched alkanes of at least 4 members (excludes halogenated alkanes) is 17. The zero-order valence-corrected chi connectivity index (χ0v) is 36.7. The van der Waals surface area contributed by atoms with E-state index in [1.807, 2.05) is 21.1 Å². The Morgan fingerprint density at radius 2 is 1.06 bits per heavy atom. The number of likely N-dealkylation sites (N-methyl/N-ethyl adjacent to an activating group) is 1. The fraction of sp³-hybridized carbons (Fsp3) is 0.795. The van der Waals surface area contributed by atoms with Crippen LogP contribution < -0.4 is 4.89 Å². The number of hydrogen-bond acceptors (Lipinski definition) is 7. The molecule has 0 aromatic rings. The highest BCUT2D eigenvalue weighted by atomic mass is 32.2. The smallest absolute Gasteiger partial charge is 0.268 e. The Kier molecular flexibility index (Phi) is 37.2. The van der Waals surface area contributed by atoms with Gasteiger partial charge in [-0.15, -0.1) is 0 Å². The highest BCUT2D eigenvalue weighted by molar-refractivity contribution is 8.14. The molecule has 0 N–H and O–H groups in total. The summed E-state index contributed by atoms with van der Waals surface area (Å²) in [5, 5.41) is -0.378. The average molecular weight is 784 g/mol. The number of ether oxygens (including phenoxy) is 1. The number of quaternary nitrogens is 1. The van der Waals surface area contributed by atoms with Gasteiger partial charge in [0.1, 0.15) is 13.2 Å². The molecule has 1 unspecified atom stereocenters. The molecule has 310 valence electrons. The van der Waals surface area contributed by atoms with Gasteiger partial charge >= 0.3 is 0 Å². The monoisotopic (exact) mass is 784 g/mol. The lowest BCUT2D eigenvalue weighted by atomic mass is 10.0. The van der Waals surface area contributed by atoms with E-state index in [1.54, 1.807) is 0 Å². The molecule has 53 heavy (non-hydrogen) atoms. The first-order valence-electron chi connectivity index (χ1n) is 21.4. The van der Waals surface area contributed by atoms with Crippen LogP contribution in [0.1, 0.15) is 168 Å². The number of rotatable bonds is 39. The molecule has 0 saturated heterocycles. The van der Waals surface area contributed by atoms with Gasteiger partial charge in [-0.3, -0.25) is 9.36 Å². The molecule has 2 atom stereocenters. The molecular formula is C44H82NO6PS. The van der Waals surface area contributed by atoms with Crippen LogP contribution in [-0.4, -0.2) is 69.0 Å². The summed E-state index contributed by atoms with van der Waals surface area (Å²) in [6.07, 6.45) is 45.7. The van der Waals surface area contributed by atoms with Gasteiger partial charge in [0.25, 0.3) is 7.82 Å². The Balaban J connectivity index is 4.36. The number of thioether (sulfide) groups is 1. The third kappa shape index (κ3) is 42.0. The summed E-state index contributed by atoms with van der Waals surface area (Å²) in [7, 11) is 1.44. The number of carbonyl (C=O) groups excluding carboxylic acids is 1. The van der Waals surface area contributed by atoms with Crippen LogP contribution in [0.3, 0.4) is 0 Å². The first kappa shape index (κ1) is 52.0. The van der Waals surface area contributed by atoms with Crippen molar-refractivity contribution in [3.63, 3.8) is 0 Å². The summed E-state index contributed by atoms with van der Waals surface area (Å²) >= 11 is 1.14. The second-order valence-electron chi connectivity index (χ2n) is 15.4. The molecule has 0 aliphatic rings. The topological polar surface area (TPSA) is 84.9 Å². The molecular weight excluding hydrogens is 702 g/mol. The van der Waals surface area contributed by atoms with Crippen LogP contribution in [0.4, 0.5) is 0 Å². The van der Waals surface area contributed by atoms with Crippen LogP contribution in [0.5, 0.6) is 0 Å². The minimum Gasteiger partial charge on any atom is -0.756 e. The standard InChI is InChI=1S/C44H82NO6PS/c1-6-8-10-12-14-16-18-20-22-23-24-25-27-29-31-33-35-37-44(46)53-43(42-51-52(47,48)50-40-38-45(3,4)5)41-49-39-36-34-32-30-28-26-21-19-17-15-13-11-9-7-2/h14,16,20,22,24-25,29,31,43H,6-13,15,17-19,21,23,26-28,30,32-42H2,1-5H3/b16-14-,22-20-,25-24-,31-29-/t43-/m1/s1. The lowest BCUT2D eigenvalue weighted by molar-refractivity contribution is -0.870. The van der Waals surface area contributed by atoms with Crippen LogP contribution in [0.2, 0.25) is 0 Å². The van der Waals surface area contributed by atoms with E-state index in [-0.39, 0.29) is 24.9 Å². The van der Waals surface area contributed by atoms with E-state index >= 15 is 0 Å². The summed E-state index contributed by atoms with van der Waals surface area (Å²) in [5.74, 6) is 0. The van der Waals surface area contributed by atoms with Gasteiger partial charge in [-0.2, -0.15) is 0 Å². The van der Waals surface area contributed by atoms with Crippen LogP contribution >= 0.6 is 19.6 Å². The Labute approximate surface area is 332 Å². The Bertz CT molecular complexity index is 993. The third-order valence-electron chi connectivity index (χ3n) is 8.88. The van der Waals surface area contributed by atoms with Crippen molar-refractivity contribution >= 4 is 24.7 Å².